The first-order chi connectivity index (χ1) is 16.9. The van der Waals surface area contributed by atoms with Crippen molar-refractivity contribution >= 4 is 32.6 Å². The van der Waals surface area contributed by atoms with Crippen LogP contribution < -0.4 is 0 Å². The summed E-state index contributed by atoms with van der Waals surface area (Å²) in [6.07, 6.45) is 0. The highest BCUT2D eigenvalue weighted by atomic mass is 15.0. The van der Waals surface area contributed by atoms with E-state index in [1.54, 1.807) is 0 Å². The van der Waals surface area contributed by atoms with Gasteiger partial charge in [0, 0.05) is 21.6 Å². The third-order valence-electron chi connectivity index (χ3n) is 8.92. The summed E-state index contributed by atoms with van der Waals surface area (Å²) in [5, 5.41) is 5.31. The molecule has 2 aliphatic heterocycles. The number of hydrogen-bond donors (Lipinski definition) is 0. The van der Waals surface area contributed by atoms with Crippen LogP contribution in [0, 0.1) is 0 Å². The van der Waals surface area contributed by atoms with Crippen molar-refractivity contribution < 1.29 is 0 Å². The van der Waals surface area contributed by atoms with Crippen molar-refractivity contribution in [2.24, 2.45) is 0 Å². The Labute approximate surface area is 205 Å². The lowest BCUT2D eigenvalue weighted by Crippen LogP contribution is -2.33. The number of rotatable bonds is 1. The maximum Gasteiger partial charge on any atom is 0.0582 e. The van der Waals surface area contributed by atoms with Crippen LogP contribution in [0.15, 0.2) is 91.0 Å². The van der Waals surface area contributed by atoms with Gasteiger partial charge in [-0.3, -0.25) is 0 Å². The van der Waals surface area contributed by atoms with Gasteiger partial charge in [-0.2, -0.15) is 0 Å². The molecule has 0 aliphatic carbocycles. The number of para-hydroxylation sites is 2. The monoisotopic (exact) mass is 449 g/mol. The van der Waals surface area contributed by atoms with Gasteiger partial charge in [-0.05, 0) is 62.4 Å². The molecular formula is C34H27N. The Kier molecular flexibility index (Phi) is 3.36. The standard InChI is InChI=1S/C34H27N/c1-33(2)26-12-7-11-24-25-18-23(22-16-15-20-9-5-6-10-21(20)17-22)19-29-31(25)35(30(24)26)32-27(33)13-8-14-28(32)34(29,3)4/h5-19H,1-4H3. The van der Waals surface area contributed by atoms with Crippen LogP contribution in [-0.4, -0.2) is 4.57 Å². The minimum atomic E-state index is -0.0889. The Bertz CT molecular complexity index is 1890. The molecule has 5 aromatic carbocycles. The largest absolute Gasteiger partial charge is 0.308 e. The zero-order valence-electron chi connectivity index (χ0n) is 20.6. The minimum absolute atomic E-state index is 0.0377. The van der Waals surface area contributed by atoms with E-state index in [4.69, 9.17) is 0 Å². The van der Waals surface area contributed by atoms with Crippen LogP contribution in [0.3, 0.4) is 0 Å². The van der Waals surface area contributed by atoms with Crippen molar-refractivity contribution in [3.63, 3.8) is 0 Å². The van der Waals surface area contributed by atoms with Gasteiger partial charge in [0.1, 0.15) is 0 Å². The molecule has 0 radical (unpaired) electrons. The van der Waals surface area contributed by atoms with E-state index < -0.39 is 0 Å². The quantitative estimate of drug-likeness (QED) is 0.236. The first-order valence-electron chi connectivity index (χ1n) is 12.6. The van der Waals surface area contributed by atoms with Gasteiger partial charge >= 0.3 is 0 Å². The molecule has 1 heteroatoms. The summed E-state index contributed by atoms with van der Waals surface area (Å²) < 4.78 is 2.60. The maximum atomic E-state index is 2.60. The fourth-order valence-electron chi connectivity index (χ4n) is 7.02. The lowest BCUT2D eigenvalue weighted by atomic mass is 9.68. The molecular weight excluding hydrogens is 422 g/mol. The van der Waals surface area contributed by atoms with Crippen LogP contribution >= 0.6 is 0 Å². The van der Waals surface area contributed by atoms with Crippen LogP contribution in [0.25, 0.3) is 49.4 Å². The lowest BCUT2D eigenvalue weighted by Gasteiger charge is -2.42. The van der Waals surface area contributed by atoms with E-state index in [2.05, 4.69) is 123 Å². The molecule has 0 unspecified atom stereocenters. The molecule has 8 rings (SSSR count). The summed E-state index contributed by atoms with van der Waals surface area (Å²) in [4.78, 5) is 0. The van der Waals surface area contributed by atoms with Gasteiger partial charge in [0.05, 0.1) is 16.7 Å². The Morgan fingerprint density at radius 3 is 1.94 bits per heavy atom. The second-order valence-corrected chi connectivity index (χ2v) is 11.5. The molecule has 0 fully saturated rings. The van der Waals surface area contributed by atoms with E-state index in [9.17, 15) is 0 Å². The number of nitrogens with zero attached hydrogens (tertiary/aromatic N) is 1. The highest BCUT2D eigenvalue weighted by Crippen LogP contribution is 2.55. The summed E-state index contributed by atoms with van der Waals surface area (Å²) in [5.41, 5.74) is 12.4. The molecule has 0 bridgehead atoms. The molecule has 0 atom stereocenters. The first-order valence-corrected chi connectivity index (χ1v) is 12.6. The van der Waals surface area contributed by atoms with E-state index in [0.717, 1.165) is 0 Å². The predicted molar refractivity (Wildman–Crippen MR) is 148 cm³/mol. The molecule has 35 heavy (non-hydrogen) atoms. The number of fused-ring (bicyclic) bond motifs is 2. The Morgan fingerprint density at radius 2 is 1.14 bits per heavy atom. The van der Waals surface area contributed by atoms with Gasteiger partial charge in [-0.1, -0.05) is 100 Å². The molecule has 0 saturated heterocycles. The molecule has 1 nitrogen and oxygen atoms in total. The average molecular weight is 450 g/mol. The van der Waals surface area contributed by atoms with Crippen LogP contribution in [0.1, 0.15) is 49.9 Å². The van der Waals surface area contributed by atoms with Crippen LogP contribution in [-0.2, 0) is 10.8 Å². The van der Waals surface area contributed by atoms with Crippen molar-refractivity contribution in [3.05, 3.63) is 113 Å². The fraction of sp³-hybridized carbons (Fsp3) is 0.176. The summed E-state index contributed by atoms with van der Waals surface area (Å²) in [5.74, 6) is 0. The molecule has 168 valence electrons. The lowest BCUT2D eigenvalue weighted by molar-refractivity contribution is 0.594. The molecule has 0 spiro atoms. The number of benzene rings is 5. The predicted octanol–water partition coefficient (Wildman–Crippen LogP) is 8.88. The summed E-state index contributed by atoms with van der Waals surface area (Å²) >= 11 is 0. The Balaban J connectivity index is 1.58. The van der Waals surface area contributed by atoms with Gasteiger partial charge < -0.3 is 4.57 Å². The van der Waals surface area contributed by atoms with Gasteiger partial charge in [-0.25, -0.2) is 0 Å². The zero-order valence-corrected chi connectivity index (χ0v) is 20.6. The normalized spacial score (nSPS) is 16.5. The highest BCUT2D eigenvalue weighted by Gasteiger charge is 2.43. The maximum absolute atomic E-state index is 2.60. The molecule has 2 aliphatic rings. The number of aromatic nitrogens is 1. The van der Waals surface area contributed by atoms with Crippen molar-refractivity contribution in [3.8, 4) is 16.8 Å². The Morgan fingerprint density at radius 1 is 0.486 bits per heavy atom. The highest BCUT2D eigenvalue weighted by molar-refractivity contribution is 6.15. The Hall–Kier alpha value is -3.84. The molecule has 3 heterocycles. The second-order valence-electron chi connectivity index (χ2n) is 11.5. The SMILES string of the molecule is CC1(C)c2cccc3c2-n2c4c1cccc4c1cc(-c4ccc5ccccc5c4)cc(c12)C3(C)C. The van der Waals surface area contributed by atoms with Crippen molar-refractivity contribution in [2.45, 2.75) is 38.5 Å². The zero-order chi connectivity index (χ0) is 23.7. The topological polar surface area (TPSA) is 4.93 Å². The summed E-state index contributed by atoms with van der Waals surface area (Å²) in [7, 11) is 0. The van der Waals surface area contributed by atoms with E-state index in [1.807, 2.05) is 0 Å². The third-order valence-corrected chi connectivity index (χ3v) is 8.92. The van der Waals surface area contributed by atoms with E-state index >= 15 is 0 Å². The second kappa shape index (κ2) is 6.04. The van der Waals surface area contributed by atoms with Crippen molar-refractivity contribution in [1.29, 1.82) is 0 Å². The average Bonchev–Trinajstić information content (AvgIpc) is 3.20. The van der Waals surface area contributed by atoms with Gasteiger partial charge in [0.15, 0.2) is 0 Å². The van der Waals surface area contributed by atoms with Crippen molar-refractivity contribution in [2.75, 3.05) is 0 Å². The van der Waals surface area contributed by atoms with Crippen LogP contribution in [0.4, 0.5) is 0 Å². The van der Waals surface area contributed by atoms with Gasteiger partial charge in [0.2, 0.25) is 0 Å². The van der Waals surface area contributed by atoms with E-state index in [0.29, 0.717) is 0 Å². The molecule has 1 aromatic heterocycles. The third kappa shape index (κ3) is 2.20. The van der Waals surface area contributed by atoms with E-state index in [-0.39, 0.29) is 10.8 Å². The van der Waals surface area contributed by atoms with Crippen LogP contribution in [0.5, 0.6) is 0 Å². The smallest absolute Gasteiger partial charge is 0.0582 e. The van der Waals surface area contributed by atoms with Crippen molar-refractivity contribution in [1.82, 2.24) is 4.57 Å². The molecule has 0 N–H and O–H groups in total. The fourth-order valence-corrected chi connectivity index (χ4v) is 7.02. The van der Waals surface area contributed by atoms with Gasteiger partial charge in [-0.15, -0.1) is 0 Å². The number of hydrogen-bond acceptors (Lipinski definition) is 0. The first kappa shape index (κ1) is 19.5. The van der Waals surface area contributed by atoms with Crippen LogP contribution in [0.2, 0.25) is 0 Å². The minimum Gasteiger partial charge on any atom is -0.308 e. The summed E-state index contributed by atoms with van der Waals surface area (Å²) in [6.45, 7) is 9.60. The summed E-state index contributed by atoms with van der Waals surface area (Å²) in [6, 6.07) is 34.3. The van der Waals surface area contributed by atoms with E-state index in [1.165, 1.54) is 71.6 Å². The molecule has 0 amide bonds. The molecule has 6 aromatic rings. The molecule has 0 saturated carbocycles. The van der Waals surface area contributed by atoms with Gasteiger partial charge in [0.25, 0.3) is 0 Å².